The Morgan fingerprint density at radius 1 is 1.08 bits per heavy atom. The SMILES string of the molecule is NC(C(=O)O)C(C=O)C(=O)OCC1c2ccccc2-c2ccccc21. The van der Waals surface area contributed by atoms with Crippen molar-refractivity contribution >= 4 is 18.2 Å². The Labute approximate surface area is 144 Å². The third kappa shape index (κ3) is 3.04. The Bertz CT molecular complexity index is 787. The summed E-state index contributed by atoms with van der Waals surface area (Å²) in [5.74, 6) is -4.04. The average Bonchev–Trinajstić information content (AvgIpc) is 2.94. The molecule has 0 radical (unpaired) electrons. The highest BCUT2D eigenvalue weighted by Gasteiger charge is 2.34. The van der Waals surface area contributed by atoms with Gasteiger partial charge >= 0.3 is 11.9 Å². The molecule has 25 heavy (non-hydrogen) atoms. The molecule has 2 unspecified atom stereocenters. The minimum absolute atomic E-state index is 0.0174. The molecule has 128 valence electrons. The number of carbonyl (C=O) groups excluding carboxylic acids is 2. The number of carbonyl (C=O) groups is 3. The highest BCUT2D eigenvalue weighted by molar-refractivity contribution is 5.94. The normalized spacial score (nSPS) is 14.9. The van der Waals surface area contributed by atoms with Crippen molar-refractivity contribution in [3.63, 3.8) is 0 Å². The van der Waals surface area contributed by atoms with E-state index >= 15 is 0 Å². The predicted octanol–water partition coefficient (Wildman–Crippen LogP) is 1.57. The lowest BCUT2D eigenvalue weighted by molar-refractivity contribution is -0.155. The van der Waals surface area contributed by atoms with Crippen LogP contribution in [0.25, 0.3) is 11.1 Å². The summed E-state index contributed by atoms with van der Waals surface area (Å²) in [5.41, 5.74) is 9.59. The number of ether oxygens (including phenoxy) is 1. The van der Waals surface area contributed by atoms with Crippen molar-refractivity contribution in [3.05, 3.63) is 59.7 Å². The molecule has 1 aliphatic rings. The summed E-state index contributed by atoms with van der Waals surface area (Å²) in [6.45, 7) is 0.0174. The number of aldehydes is 1. The number of carboxylic acid groups (broad SMARTS) is 1. The molecule has 0 aliphatic heterocycles. The molecule has 6 nitrogen and oxygen atoms in total. The Kier molecular flexibility index (Phi) is 4.63. The summed E-state index contributed by atoms with van der Waals surface area (Å²) in [5, 5.41) is 8.88. The van der Waals surface area contributed by atoms with Crippen LogP contribution in [0.2, 0.25) is 0 Å². The van der Waals surface area contributed by atoms with Gasteiger partial charge in [0.1, 0.15) is 24.9 Å². The van der Waals surface area contributed by atoms with Gasteiger partial charge in [0, 0.05) is 5.92 Å². The molecule has 2 atom stereocenters. The number of aliphatic carboxylic acids is 1. The molecular weight excluding hydrogens is 322 g/mol. The predicted molar refractivity (Wildman–Crippen MR) is 89.8 cm³/mol. The van der Waals surface area contributed by atoms with Crippen LogP contribution in [0, 0.1) is 5.92 Å². The van der Waals surface area contributed by atoms with Crippen LogP contribution in [-0.2, 0) is 19.1 Å². The van der Waals surface area contributed by atoms with Crippen LogP contribution in [0.15, 0.2) is 48.5 Å². The lowest BCUT2D eigenvalue weighted by atomic mass is 9.98. The van der Waals surface area contributed by atoms with Crippen molar-refractivity contribution in [2.24, 2.45) is 11.7 Å². The van der Waals surface area contributed by atoms with Crippen LogP contribution >= 0.6 is 0 Å². The third-order valence-electron chi connectivity index (χ3n) is 4.45. The molecule has 2 aromatic carbocycles. The smallest absolute Gasteiger partial charge is 0.321 e. The van der Waals surface area contributed by atoms with Gasteiger partial charge in [0.25, 0.3) is 0 Å². The van der Waals surface area contributed by atoms with Gasteiger partial charge in [0.2, 0.25) is 0 Å². The maximum Gasteiger partial charge on any atom is 0.321 e. The first-order chi connectivity index (χ1) is 12.0. The van der Waals surface area contributed by atoms with E-state index < -0.39 is 23.9 Å². The lowest BCUT2D eigenvalue weighted by Gasteiger charge is -2.17. The molecule has 0 fully saturated rings. The second-order valence-corrected chi connectivity index (χ2v) is 5.88. The summed E-state index contributed by atoms with van der Waals surface area (Å²) in [6.07, 6.45) is 0.220. The van der Waals surface area contributed by atoms with Crippen molar-refractivity contribution in [2.45, 2.75) is 12.0 Å². The van der Waals surface area contributed by atoms with Crippen molar-refractivity contribution in [1.29, 1.82) is 0 Å². The first kappa shape index (κ1) is 16.9. The van der Waals surface area contributed by atoms with Crippen LogP contribution in [0.3, 0.4) is 0 Å². The zero-order chi connectivity index (χ0) is 18.0. The summed E-state index contributed by atoms with van der Waals surface area (Å²) in [7, 11) is 0. The van der Waals surface area contributed by atoms with Crippen LogP contribution in [0.1, 0.15) is 17.0 Å². The van der Waals surface area contributed by atoms with Crippen LogP contribution in [0.5, 0.6) is 0 Å². The van der Waals surface area contributed by atoms with E-state index in [4.69, 9.17) is 15.6 Å². The van der Waals surface area contributed by atoms with Crippen molar-refractivity contribution in [1.82, 2.24) is 0 Å². The molecule has 0 bridgehead atoms. The maximum atomic E-state index is 12.1. The largest absolute Gasteiger partial charge is 0.480 e. The number of nitrogens with two attached hydrogens (primary N) is 1. The van der Waals surface area contributed by atoms with E-state index in [0.717, 1.165) is 22.3 Å². The molecule has 0 saturated heterocycles. The van der Waals surface area contributed by atoms with Crippen molar-refractivity contribution < 1.29 is 24.2 Å². The van der Waals surface area contributed by atoms with Gasteiger partial charge in [-0.2, -0.15) is 0 Å². The van der Waals surface area contributed by atoms with Crippen LogP contribution < -0.4 is 5.73 Å². The molecule has 3 N–H and O–H groups in total. The van der Waals surface area contributed by atoms with Crippen molar-refractivity contribution in [2.75, 3.05) is 6.61 Å². The van der Waals surface area contributed by atoms with Crippen LogP contribution in [-0.4, -0.2) is 36.0 Å². The second-order valence-electron chi connectivity index (χ2n) is 5.88. The standard InChI is InChI=1S/C19H17NO5/c20-17(18(22)23)15(9-21)19(24)25-10-16-13-7-3-1-5-11(13)12-6-2-4-8-14(12)16/h1-9,15-17H,10,20H2,(H,22,23). The number of fused-ring (bicyclic) bond motifs is 3. The minimum atomic E-state index is -1.62. The molecule has 0 amide bonds. The number of benzene rings is 2. The van der Waals surface area contributed by atoms with Gasteiger partial charge in [-0.3, -0.25) is 9.59 Å². The van der Waals surface area contributed by atoms with Gasteiger partial charge in [-0.15, -0.1) is 0 Å². The van der Waals surface area contributed by atoms with E-state index in [2.05, 4.69) is 0 Å². The highest BCUT2D eigenvalue weighted by Crippen LogP contribution is 2.44. The third-order valence-corrected chi connectivity index (χ3v) is 4.45. The first-order valence-electron chi connectivity index (χ1n) is 7.83. The molecule has 0 heterocycles. The van der Waals surface area contributed by atoms with E-state index in [9.17, 15) is 14.4 Å². The monoisotopic (exact) mass is 339 g/mol. The van der Waals surface area contributed by atoms with Gasteiger partial charge < -0.3 is 20.4 Å². The zero-order valence-corrected chi connectivity index (χ0v) is 13.3. The highest BCUT2D eigenvalue weighted by atomic mass is 16.5. The fourth-order valence-corrected chi connectivity index (χ4v) is 3.14. The van der Waals surface area contributed by atoms with Crippen molar-refractivity contribution in [3.8, 4) is 11.1 Å². The number of esters is 1. The Balaban J connectivity index is 1.81. The number of rotatable bonds is 6. The topological polar surface area (TPSA) is 107 Å². The summed E-state index contributed by atoms with van der Waals surface area (Å²) in [4.78, 5) is 34.0. The summed E-state index contributed by atoms with van der Waals surface area (Å²) >= 11 is 0. The quantitative estimate of drug-likeness (QED) is 0.470. The van der Waals surface area contributed by atoms with E-state index in [-0.39, 0.29) is 18.8 Å². The van der Waals surface area contributed by atoms with Crippen LogP contribution in [0.4, 0.5) is 0 Å². The molecule has 3 rings (SSSR count). The zero-order valence-electron chi connectivity index (χ0n) is 13.3. The Hall–Kier alpha value is -2.99. The Morgan fingerprint density at radius 3 is 2.08 bits per heavy atom. The maximum absolute atomic E-state index is 12.1. The average molecular weight is 339 g/mol. The fourth-order valence-electron chi connectivity index (χ4n) is 3.14. The van der Waals surface area contributed by atoms with E-state index in [1.165, 1.54) is 0 Å². The van der Waals surface area contributed by atoms with E-state index in [0.29, 0.717) is 0 Å². The number of carboxylic acids is 1. The molecule has 6 heteroatoms. The second kappa shape index (κ2) is 6.86. The summed E-state index contributed by atoms with van der Waals surface area (Å²) < 4.78 is 5.25. The van der Waals surface area contributed by atoms with E-state index in [1.54, 1.807) is 0 Å². The fraction of sp³-hybridized carbons (Fsp3) is 0.211. The number of hydrogen-bond donors (Lipinski definition) is 2. The molecular formula is C19H17NO5. The van der Waals surface area contributed by atoms with Gasteiger partial charge in [0.05, 0.1) is 0 Å². The van der Waals surface area contributed by atoms with Gasteiger partial charge in [-0.25, -0.2) is 0 Å². The Morgan fingerprint density at radius 2 is 1.60 bits per heavy atom. The number of hydrogen-bond acceptors (Lipinski definition) is 5. The summed E-state index contributed by atoms with van der Waals surface area (Å²) in [6, 6.07) is 14.0. The minimum Gasteiger partial charge on any atom is -0.480 e. The van der Waals surface area contributed by atoms with E-state index in [1.807, 2.05) is 48.5 Å². The molecule has 0 saturated carbocycles. The molecule has 0 spiro atoms. The first-order valence-corrected chi connectivity index (χ1v) is 7.83. The lowest BCUT2D eigenvalue weighted by Crippen LogP contribution is -2.43. The van der Waals surface area contributed by atoms with Gasteiger partial charge in [0.15, 0.2) is 0 Å². The van der Waals surface area contributed by atoms with Gasteiger partial charge in [-0.1, -0.05) is 48.5 Å². The molecule has 0 aromatic heterocycles. The molecule has 2 aromatic rings. The molecule has 1 aliphatic carbocycles. The van der Waals surface area contributed by atoms with Gasteiger partial charge in [-0.05, 0) is 22.3 Å².